The van der Waals surface area contributed by atoms with Crippen molar-refractivity contribution in [2.75, 3.05) is 17.2 Å². The summed E-state index contributed by atoms with van der Waals surface area (Å²) in [5, 5.41) is 0. The third kappa shape index (κ3) is 3.06. The average molecular weight is 344 g/mol. The van der Waals surface area contributed by atoms with E-state index in [1.54, 1.807) is 0 Å². The second kappa shape index (κ2) is 5.94. The molecular weight excluding hydrogens is 323 g/mol. The Kier molecular flexibility index (Phi) is 4.54. The number of benzene rings is 1. The zero-order chi connectivity index (χ0) is 12.3. The molecule has 0 radical (unpaired) electrons. The van der Waals surface area contributed by atoms with E-state index < -0.39 is 0 Å². The van der Waals surface area contributed by atoms with Crippen LogP contribution < -0.4 is 10.6 Å². The van der Waals surface area contributed by atoms with Crippen molar-refractivity contribution in [2.45, 2.75) is 45.1 Å². The smallest absolute Gasteiger partial charge is 0.0505 e. The minimum atomic E-state index is 0.703. The van der Waals surface area contributed by atoms with E-state index >= 15 is 0 Å². The summed E-state index contributed by atoms with van der Waals surface area (Å²) in [6, 6.07) is 6.99. The van der Waals surface area contributed by atoms with Gasteiger partial charge in [-0.2, -0.15) is 0 Å². The first-order valence-electron chi connectivity index (χ1n) is 6.54. The minimum absolute atomic E-state index is 0.703. The zero-order valence-electron chi connectivity index (χ0n) is 10.5. The van der Waals surface area contributed by atoms with E-state index in [0.717, 1.165) is 5.69 Å². The molecule has 17 heavy (non-hydrogen) atoms. The van der Waals surface area contributed by atoms with E-state index in [0.29, 0.717) is 6.04 Å². The largest absolute Gasteiger partial charge is 0.399 e. The number of anilines is 2. The van der Waals surface area contributed by atoms with Crippen molar-refractivity contribution in [1.82, 2.24) is 0 Å². The number of hydrogen-bond acceptors (Lipinski definition) is 2. The lowest BCUT2D eigenvalue weighted by atomic mass is 10.1. The normalized spacial score (nSPS) is 21.3. The molecular formula is C14H21IN2. The van der Waals surface area contributed by atoms with E-state index in [4.69, 9.17) is 5.73 Å². The van der Waals surface area contributed by atoms with E-state index in [1.165, 1.54) is 47.9 Å². The Morgan fingerprint density at radius 2 is 2.18 bits per heavy atom. The molecule has 1 fully saturated rings. The summed E-state index contributed by atoms with van der Waals surface area (Å²) in [7, 11) is 0. The van der Waals surface area contributed by atoms with Crippen LogP contribution in [0.25, 0.3) is 0 Å². The van der Waals surface area contributed by atoms with Gasteiger partial charge in [-0.3, -0.25) is 0 Å². The highest BCUT2D eigenvalue weighted by Gasteiger charge is 2.21. The monoisotopic (exact) mass is 344 g/mol. The summed E-state index contributed by atoms with van der Waals surface area (Å²) in [4.78, 5) is 2.59. The highest BCUT2D eigenvalue weighted by molar-refractivity contribution is 14.1. The van der Waals surface area contributed by atoms with Crippen LogP contribution in [0.1, 0.15) is 39.0 Å². The Labute approximate surface area is 118 Å². The van der Waals surface area contributed by atoms with Gasteiger partial charge in [-0.15, -0.1) is 0 Å². The molecule has 0 bridgehead atoms. The summed E-state index contributed by atoms with van der Waals surface area (Å²) in [5.41, 5.74) is 8.06. The lowest BCUT2D eigenvalue weighted by Crippen LogP contribution is -2.34. The van der Waals surface area contributed by atoms with Crippen LogP contribution in [0.2, 0.25) is 0 Å². The van der Waals surface area contributed by atoms with Crippen LogP contribution in [-0.4, -0.2) is 12.6 Å². The number of rotatable bonds is 2. The number of nitrogen functional groups attached to an aromatic ring is 1. The standard InChI is InChI=1S/C14H21IN2/c1-2-12-6-4-3-5-9-17(12)14-8-7-11(16)10-13(14)15/h7-8,10,12H,2-6,9,16H2,1H3. The first-order chi connectivity index (χ1) is 8.22. The Morgan fingerprint density at radius 3 is 2.88 bits per heavy atom. The topological polar surface area (TPSA) is 29.3 Å². The molecule has 0 amide bonds. The van der Waals surface area contributed by atoms with Crippen molar-refractivity contribution in [3.8, 4) is 0 Å². The second-order valence-electron chi connectivity index (χ2n) is 4.82. The summed E-state index contributed by atoms with van der Waals surface area (Å²) in [5.74, 6) is 0. The van der Waals surface area contributed by atoms with Gasteiger partial charge in [-0.05, 0) is 60.1 Å². The van der Waals surface area contributed by atoms with E-state index in [1.807, 2.05) is 6.07 Å². The molecule has 1 unspecified atom stereocenters. The summed E-state index contributed by atoms with van der Waals surface area (Å²) in [6.45, 7) is 3.49. The number of hydrogen-bond donors (Lipinski definition) is 1. The van der Waals surface area contributed by atoms with E-state index in [2.05, 4.69) is 46.5 Å². The van der Waals surface area contributed by atoms with Gasteiger partial charge in [0.2, 0.25) is 0 Å². The maximum absolute atomic E-state index is 5.83. The summed E-state index contributed by atoms with van der Waals surface area (Å²) >= 11 is 2.41. The molecule has 0 saturated carbocycles. The quantitative estimate of drug-likeness (QED) is 0.648. The lowest BCUT2D eigenvalue weighted by Gasteiger charge is -2.32. The predicted molar refractivity (Wildman–Crippen MR) is 83.5 cm³/mol. The van der Waals surface area contributed by atoms with Gasteiger partial charge in [0.05, 0.1) is 5.69 Å². The second-order valence-corrected chi connectivity index (χ2v) is 5.98. The third-order valence-corrected chi connectivity index (χ3v) is 4.49. The van der Waals surface area contributed by atoms with E-state index in [-0.39, 0.29) is 0 Å². The van der Waals surface area contributed by atoms with Crippen LogP contribution in [-0.2, 0) is 0 Å². The lowest BCUT2D eigenvalue weighted by molar-refractivity contribution is 0.555. The fourth-order valence-corrected chi connectivity index (χ4v) is 3.52. The molecule has 1 aromatic rings. The maximum Gasteiger partial charge on any atom is 0.0505 e. The Hall–Kier alpha value is -0.450. The van der Waals surface area contributed by atoms with Crippen LogP contribution in [0.15, 0.2) is 18.2 Å². The van der Waals surface area contributed by atoms with Crippen molar-refractivity contribution in [3.63, 3.8) is 0 Å². The highest BCUT2D eigenvalue weighted by Crippen LogP contribution is 2.30. The molecule has 0 aliphatic carbocycles. The molecule has 1 aromatic carbocycles. The van der Waals surface area contributed by atoms with Crippen molar-refractivity contribution < 1.29 is 0 Å². The van der Waals surface area contributed by atoms with Gasteiger partial charge in [0.1, 0.15) is 0 Å². The maximum atomic E-state index is 5.83. The first kappa shape index (κ1) is 13.0. The molecule has 3 heteroatoms. The third-order valence-electron chi connectivity index (χ3n) is 3.63. The Morgan fingerprint density at radius 1 is 1.35 bits per heavy atom. The Balaban J connectivity index is 2.28. The minimum Gasteiger partial charge on any atom is -0.399 e. The van der Waals surface area contributed by atoms with Crippen LogP contribution in [0.5, 0.6) is 0 Å². The summed E-state index contributed by atoms with van der Waals surface area (Å²) in [6.07, 6.45) is 6.63. The molecule has 2 nitrogen and oxygen atoms in total. The molecule has 1 aliphatic heterocycles. The number of halogens is 1. The molecule has 1 saturated heterocycles. The molecule has 2 rings (SSSR count). The van der Waals surface area contributed by atoms with Crippen LogP contribution in [0, 0.1) is 3.57 Å². The SMILES string of the molecule is CCC1CCCCCN1c1ccc(N)cc1I. The fourth-order valence-electron chi connectivity index (χ4n) is 2.68. The molecule has 94 valence electrons. The number of nitrogens with two attached hydrogens (primary N) is 1. The van der Waals surface area contributed by atoms with Crippen LogP contribution in [0.3, 0.4) is 0 Å². The molecule has 1 heterocycles. The first-order valence-corrected chi connectivity index (χ1v) is 7.62. The van der Waals surface area contributed by atoms with E-state index in [9.17, 15) is 0 Å². The van der Waals surface area contributed by atoms with Crippen molar-refractivity contribution in [2.24, 2.45) is 0 Å². The molecule has 1 atom stereocenters. The van der Waals surface area contributed by atoms with Gasteiger partial charge in [0, 0.05) is 21.8 Å². The van der Waals surface area contributed by atoms with Crippen molar-refractivity contribution >= 4 is 34.0 Å². The van der Waals surface area contributed by atoms with Gasteiger partial charge in [-0.1, -0.05) is 19.8 Å². The number of nitrogens with zero attached hydrogens (tertiary/aromatic N) is 1. The zero-order valence-corrected chi connectivity index (χ0v) is 12.6. The summed E-state index contributed by atoms with van der Waals surface area (Å²) < 4.78 is 1.28. The molecule has 0 spiro atoms. The van der Waals surface area contributed by atoms with Crippen molar-refractivity contribution in [1.29, 1.82) is 0 Å². The van der Waals surface area contributed by atoms with Gasteiger partial charge in [0.25, 0.3) is 0 Å². The predicted octanol–water partition coefficient (Wildman–Crippen LogP) is 4.03. The van der Waals surface area contributed by atoms with Gasteiger partial charge < -0.3 is 10.6 Å². The van der Waals surface area contributed by atoms with Crippen molar-refractivity contribution in [3.05, 3.63) is 21.8 Å². The van der Waals surface area contributed by atoms with Crippen LogP contribution in [0.4, 0.5) is 11.4 Å². The Bertz CT molecular complexity index is 378. The van der Waals surface area contributed by atoms with Gasteiger partial charge in [-0.25, -0.2) is 0 Å². The molecule has 2 N–H and O–H groups in total. The fraction of sp³-hybridized carbons (Fsp3) is 0.571. The van der Waals surface area contributed by atoms with Crippen LogP contribution >= 0.6 is 22.6 Å². The van der Waals surface area contributed by atoms with Gasteiger partial charge in [0.15, 0.2) is 0 Å². The molecule has 0 aromatic heterocycles. The average Bonchev–Trinajstić information content (AvgIpc) is 2.54. The van der Waals surface area contributed by atoms with Gasteiger partial charge >= 0.3 is 0 Å². The highest BCUT2D eigenvalue weighted by atomic mass is 127. The molecule has 1 aliphatic rings.